The van der Waals surface area contributed by atoms with E-state index in [1.54, 1.807) is 6.07 Å². The van der Waals surface area contributed by atoms with Crippen molar-refractivity contribution in [2.24, 2.45) is 0 Å². The van der Waals surface area contributed by atoms with Crippen LogP contribution in [0.2, 0.25) is 5.02 Å². The molecule has 10 heteroatoms. The average molecular weight is 459 g/mol. The average Bonchev–Trinajstić information content (AvgIpc) is 2.69. The fraction of sp³-hybridized carbons (Fsp3) is 0.368. The van der Waals surface area contributed by atoms with E-state index in [2.05, 4.69) is 9.62 Å². The molecular weight excluding hydrogens is 436 g/mol. The van der Waals surface area contributed by atoms with Crippen LogP contribution in [-0.4, -0.2) is 60.8 Å². The molecule has 0 aromatic heterocycles. The third kappa shape index (κ3) is 5.36. The lowest BCUT2D eigenvalue weighted by Crippen LogP contribution is -2.44. The molecule has 1 atom stereocenters. The molecule has 1 fully saturated rings. The lowest BCUT2D eigenvalue weighted by Gasteiger charge is -2.35. The second-order valence-electron chi connectivity index (χ2n) is 6.76. The van der Waals surface area contributed by atoms with Gasteiger partial charge in [0.05, 0.1) is 18.1 Å². The standard InChI is InChI=1S/C19H23ClN2O5S2/c1-28(23,24)18-8-4-5-9-19(18)29(25,26)21-14-17(22-10-12-27-13-11-22)15-6-2-3-7-16(15)20/h2-9,17,21H,10-14H2,1H3. The number of hydrogen-bond donors (Lipinski definition) is 1. The summed E-state index contributed by atoms with van der Waals surface area (Å²) in [6, 6.07) is 12.5. The second-order valence-corrected chi connectivity index (χ2v) is 10.9. The molecule has 0 bridgehead atoms. The summed E-state index contributed by atoms with van der Waals surface area (Å²) < 4.78 is 57.9. The van der Waals surface area contributed by atoms with Crippen molar-refractivity contribution < 1.29 is 21.6 Å². The van der Waals surface area contributed by atoms with Crippen molar-refractivity contribution in [1.29, 1.82) is 0 Å². The Morgan fingerprint density at radius 3 is 2.21 bits per heavy atom. The van der Waals surface area contributed by atoms with E-state index in [0.29, 0.717) is 31.3 Å². The molecule has 0 saturated carbocycles. The molecule has 3 rings (SSSR count). The predicted molar refractivity (Wildman–Crippen MR) is 111 cm³/mol. The highest BCUT2D eigenvalue weighted by Crippen LogP contribution is 2.28. The summed E-state index contributed by atoms with van der Waals surface area (Å²) in [6.07, 6.45) is 0.988. The van der Waals surface area contributed by atoms with Crippen LogP contribution in [0.1, 0.15) is 11.6 Å². The number of ether oxygens (including phenoxy) is 1. The third-order valence-corrected chi connectivity index (χ3v) is 7.87. The van der Waals surface area contributed by atoms with E-state index in [4.69, 9.17) is 16.3 Å². The van der Waals surface area contributed by atoms with E-state index in [1.807, 2.05) is 18.2 Å². The zero-order valence-corrected chi connectivity index (χ0v) is 18.3. The summed E-state index contributed by atoms with van der Waals surface area (Å²) in [5.41, 5.74) is 0.801. The van der Waals surface area contributed by atoms with Crippen LogP contribution in [0.25, 0.3) is 0 Å². The Morgan fingerprint density at radius 1 is 1.00 bits per heavy atom. The molecule has 7 nitrogen and oxygen atoms in total. The summed E-state index contributed by atoms with van der Waals surface area (Å²) in [4.78, 5) is 1.62. The Balaban J connectivity index is 1.91. The lowest BCUT2D eigenvalue weighted by molar-refractivity contribution is 0.0172. The van der Waals surface area contributed by atoms with Crippen LogP contribution >= 0.6 is 11.6 Å². The fourth-order valence-electron chi connectivity index (χ4n) is 3.32. The van der Waals surface area contributed by atoms with E-state index in [-0.39, 0.29) is 22.4 Å². The van der Waals surface area contributed by atoms with Gasteiger partial charge in [0, 0.05) is 37.0 Å². The highest BCUT2D eigenvalue weighted by Gasteiger charge is 2.28. The van der Waals surface area contributed by atoms with Crippen LogP contribution in [0.15, 0.2) is 58.3 Å². The summed E-state index contributed by atoms with van der Waals surface area (Å²) in [7, 11) is -7.76. The first-order valence-electron chi connectivity index (χ1n) is 9.05. The summed E-state index contributed by atoms with van der Waals surface area (Å²) >= 11 is 6.38. The molecule has 1 N–H and O–H groups in total. The van der Waals surface area contributed by atoms with E-state index in [1.165, 1.54) is 24.3 Å². The number of benzene rings is 2. The van der Waals surface area contributed by atoms with Crippen LogP contribution < -0.4 is 4.72 Å². The number of sulfone groups is 1. The van der Waals surface area contributed by atoms with Gasteiger partial charge in [-0.05, 0) is 23.8 Å². The van der Waals surface area contributed by atoms with Gasteiger partial charge >= 0.3 is 0 Å². The highest BCUT2D eigenvalue weighted by molar-refractivity contribution is 7.93. The number of rotatable bonds is 7. The molecule has 2 aromatic rings. The molecule has 1 heterocycles. The second kappa shape index (κ2) is 9.11. The van der Waals surface area contributed by atoms with Gasteiger partial charge in [0.25, 0.3) is 0 Å². The molecule has 0 spiro atoms. The Morgan fingerprint density at radius 2 is 1.59 bits per heavy atom. The first-order valence-corrected chi connectivity index (χ1v) is 12.8. The van der Waals surface area contributed by atoms with Crippen molar-refractivity contribution in [3.8, 4) is 0 Å². The Bertz CT molecular complexity index is 1070. The van der Waals surface area contributed by atoms with Crippen molar-refractivity contribution in [3.05, 3.63) is 59.1 Å². The summed E-state index contributed by atoms with van der Waals surface area (Å²) in [6.45, 7) is 2.41. The fourth-order valence-corrected chi connectivity index (χ4v) is 6.24. The van der Waals surface area contributed by atoms with Gasteiger partial charge in [0.2, 0.25) is 10.0 Å². The molecule has 29 heavy (non-hydrogen) atoms. The van der Waals surface area contributed by atoms with Crippen molar-refractivity contribution in [1.82, 2.24) is 9.62 Å². The monoisotopic (exact) mass is 458 g/mol. The molecule has 1 unspecified atom stereocenters. The van der Waals surface area contributed by atoms with Crippen molar-refractivity contribution in [2.45, 2.75) is 15.8 Å². The van der Waals surface area contributed by atoms with Gasteiger partial charge in [-0.1, -0.05) is 41.9 Å². The molecular formula is C19H23ClN2O5S2. The Kier molecular flexibility index (Phi) is 6.98. The Labute approximate surface area is 176 Å². The van der Waals surface area contributed by atoms with Crippen LogP contribution in [0.5, 0.6) is 0 Å². The van der Waals surface area contributed by atoms with Crippen LogP contribution in [0.3, 0.4) is 0 Å². The van der Waals surface area contributed by atoms with Crippen LogP contribution in [0.4, 0.5) is 0 Å². The van der Waals surface area contributed by atoms with Crippen LogP contribution in [0, 0.1) is 0 Å². The summed E-state index contributed by atoms with van der Waals surface area (Å²) in [5.74, 6) is 0. The van der Waals surface area contributed by atoms with Gasteiger partial charge in [0.15, 0.2) is 9.84 Å². The maximum Gasteiger partial charge on any atom is 0.241 e. The number of halogens is 1. The largest absolute Gasteiger partial charge is 0.379 e. The summed E-state index contributed by atoms with van der Waals surface area (Å²) in [5, 5.41) is 0.541. The van der Waals surface area contributed by atoms with Gasteiger partial charge in [-0.3, -0.25) is 4.90 Å². The van der Waals surface area contributed by atoms with Gasteiger partial charge in [-0.25, -0.2) is 21.6 Å². The SMILES string of the molecule is CS(=O)(=O)c1ccccc1S(=O)(=O)NCC(c1ccccc1Cl)N1CCOCC1. The molecule has 2 aromatic carbocycles. The van der Waals surface area contributed by atoms with Crippen LogP contribution in [-0.2, 0) is 24.6 Å². The predicted octanol–water partition coefficient (Wildman–Crippen LogP) is 2.10. The quantitative estimate of drug-likeness (QED) is 0.683. The zero-order chi connectivity index (χ0) is 21.1. The number of sulfonamides is 1. The van der Waals surface area contributed by atoms with E-state index < -0.39 is 19.9 Å². The topological polar surface area (TPSA) is 92.8 Å². The van der Waals surface area contributed by atoms with Gasteiger partial charge < -0.3 is 4.74 Å². The Hall–Kier alpha value is -1.49. The number of morpholine rings is 1. The minimum Gasteiger partial charge on any atom is -0.379 e. The minimum atomic E-state index is -4.06. The maximum absolute atomic E-state index is 13.0. The van der Waals surface area contributed by atoms with E-state index >= 15 is 0 Å². The van der Waals surface area contributed by atoms with Gasteiger partial charge in [-0.2, -0.15) is 0 Å². The van der Waals surface area contributed by atoms with E-state index in [0.717, 1.165) is 11.8 Å². The molecule has 0 amide bonds. The third-order valence-electron chi connectivity index (χ3n) is 4.76. The lowest BCUT2D eigenvalue weighted by atomic mass is 10.0. The van der Waals surface area contributed by atoms with E-state index in [9.17, 15) is 16.8 Å². The molecule has 0 aliphatic carbocycles. The first kappa shape index (κ1) is 22.2. The van der Waals surface area contributed by atoms with Crippen molar-refractivity contribution in [3.63, 3.8) is 0 Å². The smallest absolute Gasteiger partial charge is 0.241 e. The van der Waals surface area contributed by atoms with Gasteiger partial charge in [-0.15, -0.1) is 0 Å². The molecule has 0 radical (unpaired) electrons. The number of nitrogens with zero attached hydrogens (tertiary/aromatic N) is 1. The number of nitrogens with one attached hydrogen (secondary N) is 1. The normalized spacial score (nSPS) is 17.2. The van der Waals surface area contributed by atoms with Gasteiger partial charge in [0.1, 0.15) is 4.90 Å². The maximum atomic E-state index is 13.0. The highest BCUT2D eigenvalue weighted by atomic mass is 35.5. The molecule has 1 aliphatic rings. The molecule has 1 aliphatic heterocycles. The minimum absolute atomic E-state index is 0.0458. The molecule has 158 valence electrons. The van der Waals surface area contributed by atoms with Crippen molar-refractivity contribution >= 4 is 31.5 Å². The number of hydrogen-bond acceptors (Lipinski definition) is 6. The first-order chi connectivity index (χ1) is 13.7. The zero-order valence-electron chi connectivity index (χ0n) is 15.9. The molecule has 1 saturated heterocycles. The van der Waals surface area contributed by atoms with Crippen molar-refractivity contribution in [2.75, 3.05) is 39.1 Å².